The third kappa shape index (κ3) is 5.47. The average molecular weight is 483 g/mol. The molecule has 2 heterocycles. The predicted molar refractivity (Wildman–Crippen MR) is 130 cm³/mol. The standard InChI is InChI=1S/C23H22N4O4S2/c1-2-3-14-31-23(28)16-10-12-17(13-11-16)24-21-22(26-19-8-5-4-7-18(19)25-21)27-33(29,30)20-9-6-15-32-20/h4-13,15H,2-3,14H2,1H3,(H,24,25)(H,26,27). The highest BCUT2D eigenvalue weighted by molar-refractivity contribution is 7.94. The fourth-order valence-electron chi connectivity index (χ4n) is 2.97. The van der Waals surface area contributed by atoms with Gasteiger partial charge in [0.25, 0.3) is 10.0 Å². The molecule has 0 saturated carbocycles. The molecule has 0 bridgehead atoms. The lowest BCUT2D eigenvalue weighted by Crippen LogP contribution is -2.15. The van der Waals surface area contributed by atoms with Gasteiger partial charge in [-0.15, -0.1) is 11.3 Å². The summed E-state index contributed by atoms with van der Waals surface area (Å²) in [6.45, 7) is 2.41. The van der Waals surface area contributed by atoms with Crippen LogP contribution in [0.4, 0.5) is 17.3 Å². The molecule has 2 aromatic carbocycles. The van der Waals surface area contributed by atoms with Crippen LogP contribution in [-0.4, -0.2) is 31.0 Å². The Morgan fingerprint density at radius 1 is 0.970 bits per heavy atom. The van der Waals surface area contributed by atoms with Gasteiger partial charge >= 0.3 is 5.97 Å². The van der Waals surface area contributed by atoms with Gasteiger partial charge in [-0.1, -0.05) is 31.5 Å². The van der Waals surface area contributed by atoms with Crippen LogP contribution in [0.25, 0.3) is 11.0 Å². The molecule has 0 spiro atoms. The Bertz CT molecular complexity index is 1360. The summed E-state index contributed by atoms with van der Waals surface area (Å²) in [7, 11) is -3.82. The third-order valence-corrected chi connectivity index (χ3v) is 7.41. The molecule has 0 unspecified atom stereocenters. The zero-order valence-electron chi connectivity index (χ0n) is 17.8. The van der Waals surface area contributed by atoms with Crippen molar-refractivity contribution in [2.45, 2.75) is 24.0 Å². The van der Waals surface area contributed by atoms with Crippen LogP contribution in [0.3, 0.4) is 0 Å². The lowest BCUT2D eigenvalue weighted by Gasteiger charge is -2.13. The monoisotopic (exact) mass is 482 g/mol. The number of ether oxygens (including phenoxy) is 1. The van der Waals surface area contributed by atoms with Crippen LogP contribution >= 0.6 is 11.3 Å². The SMILES string of the molecule is CCCCOC(=O)c1ccc(Nc2nc3ccccc3nc2NS(=O)(=O)c2cccs2)cc1. The van der Waals surface area contributed by atoms with Gasteiger partial charge in [0.1, 0.15) is 4.21 Å². The Morgan fingerprint density at radius 3 is 2.30 bits per heavy atom. The topological polar surface area (TPSA) is 110 Å². The van der Waals surface area contributed by atoms with Crippen molar-refractivity contribution >= 4 is 55.7 Å². The first-order chi connectivity index (χ1) is 16.0. The van der Waals surface area contributed by atoms with Crippen LogP contribution < -0.4 is 10.0 Å². The van der Waals surface area contributed by atoms with Gasteiger partial charge in [0.2, 0.25) is 0 Å². The molecule has 0 aliphatic heterocycles. The fraction of sp³-hybridized carbons (Fsp3) is 0.174. The molecule has 2 N–H and O–H groups in total. The number of nitrogens with zero attached hydrogens (tertiary/aromatic N) is 2. The number of aromatic nitrogens is 2. The van der Waals surface area contributed by atoms with Gasteiger partial charge in [0.15, 0.2) is 11.6 Å². The second-order valence-corrected chi connectivity index (χ2v) is 10.00. The molecule has 0 aliphatic rings. The van der Waals surface area contributed by atoms with Crippen molar-refractivity contribution in [3.05, 3.63) is 71.6 Å². The van der Waals surface area contributed by atoms with Gasteiger partial charge in [-0.2, -0.15) is 0 Å². The van der Waals surface area contributed by atoms with Crippen LogP contribution in [0.5, 0.6) is 0 Å². The zero-order chi connectivity index (χ0) is 23.3. The molecule has 4 aromatic rings. The number of hydrogen-bond acceptors (Lipinski definition) is 8. The maximum Gasteiger partial charge on any atom is 0.338 e. The van der Waals surface area contributed by atoms with E-state index in [1.807, 2.05) is 13.0 Å². The molecule has 4 rings (SSSR count). The van der Waals surface area contributed by atoms with Crippen molar-refractivity contribution in [1.29, 1.82) is 0 Å². The summed E-state index contributed by atoms with van der Waals surface area (Å²) in [6.07, 6.45) is 1.76. The minimum atomic E-state index is -3.82. The average Bonchev–Trinajstić information content (AvgIpc) is 3.36. The molecular formula is C23H22N4O4S2. The summed E-state index contributed by atoms with van der Waals surface area (Å²) in [6, 6.07) is 17.0. The quantitative estimate of drug-likeness (QED) is 0.249. The highest BCUT2D eigenvalue weighted by Gasteiger charge is 2.20. The Hall–Kier alpha value is -3.50. The number of carbonyl (C=O) groups is 1. The summed E-state index contributed by atoms with van der Waals surface area (Å²) in [4.78, 5) is 21.1. The minimum absolute atomic E-state index is 0.0742. The van der Waals surface area contributed by atoms with Crippen LogP contribution in [0.15, 0.2) is 70.3 Å². The maximum absolute atomic E-state index is 12.8. The number of sulfonamides is 1. The van der Waals surface area contributed by atoms with Crippen molar-refractivity contribution in [3.8, 4) is 0 Å². The molecule has 0 amide bonds. The number of para-hydroxylation sites is 2. The molecule has 170 valence electrons. The van der Waals surface area contributed by atoms with E-state index in [-0.39, 0.29) is 21.8 Å². The van der Waals surface area contributed by atoms with Crippen molar-refractivity contribution in [2.24, 2.45) is 0 Å². The second-order valence-electron chi connectivity index (χ2n) is 7.14. The number of nitrogens with one attached hydrogen (secondary N) is 2. The Morgan fingerprint density at radius 2 is 1.67 bits per heavy atom. The first-order valence-electron chi connectivity index (χ1n) is 10.3. The number of benzene rings is 2. The van der Waals surface area contributed by atoms with Crippen molar-refractivity contribution < 1.29 is 17.9 Å². The van der Waals surface area contributed by atoms with E-state index in [0.717, 1.165) is 24.2 Å². The van der Waals surface area contributed by atoms with Gasteiger partial charge in [-0.05, 0) is 54.3 Å². The van der Waals surface area contributed by atoms with Gasteiger partial charge in [-0.3, -0.25) is 4.72 Å². The number of rotatable bonds is 9. The highest BCUT2D eigenvalue weighted by atomic mass is 32.2. The van der Waals surface area contributed by atoms with E-state index in [1.54, 1.807) is 53.9 Å². The van der Waals surface area contributed by atoms with Crippen LogP contribution in [0.2, 0.25) is 0 Å². The van der Waals surface area contributed by atoms with E-state index >= 15 is 0 Å². The summed E-state index contributed by atoms with van der Waals surface area (Å²) in [5.74, 6) is -0.0675. The maximum atomic E-state index is 12.8. The molecular weight excluding hydrogens is 460 g/mol. The van der Waals surface area contributed by atoms with Gasteiger partial charge < -0.3 is 10.1 Å². The Kier molecular flexibility index (Phi) is 6.85. The molecule has 8 nitrogen and oxygen atoms in total. The van der Waals surface area contributed by atoms with Gasteiger partial charge in [0, 0.05) is 5.69 Å². The lowest BCUT2D eigenvalue weighted by molar-refractivity contribution is 0.0500. The number of anilines is 3. The largest absolute Gasteiger partial charge is 0.462 e. The molecule has 0 aliphatic carbocycles. The van der Waals surface area contributed by atoms with E-state index in [0.29, 0.717) is 28.9 Å². The minimum Gasteiger partial charge on any atom is -0.462 e. The summed E-state index contributed by atoms with van der Waals surface area (Å²) in [5, 5.41) is 4.79. The lowest BCUT2D eigenvalue weighted by atomic mass is 10.2. The number of carbonyl (C=O) groups excluding carboxylic acids is 1. The molecule has 0 saturated heterocycles. The van der Waals surface area contributed by atoms with Crippen molar-refractivity contribution in [1.82, 2.24) is 9.97 Å². The van der Waals surface area contributed by atoms with Gasteiger partial charge in [-0.25, -0.2) is 23.2 Å². The number of hydrogen-bond donors (Lipinski definition) is 2. The molecule has 2 aromatic heterocycles. The van der Waals surface area contributed by atoms with E-state index in [4.69, 9.17) is 4.74 Å². The van der Waals surface area contributed by atoms with Crippen molar-refractivity contribution in [3.63, 3.8) is 0 Å². The molecule has 0 atom stereocenters. The van der Waals surface area contributed by atoms with E-state index in [1.165, 1.54) is 6.07 Å². The molecule has 0 fully saturated rings. The highest BCUT2D eigenvalue weighted by Crippen LogP contribution is 2.28. The summed E-state index contributed by atoms with van der Waals surface area (Å²) in [5.41, 5.74) is 2.20. The summed E-state index contributed by atoms with van der Waals surface area (Å²) < 4.78 is 33.5. The van der Waals surface area contributed by atoms with Crippen molar-refractivity contribution in [2.75, 3.05) is 16.6 Å². The second kappa shape index (κ2) is 9.97. The normalized spacial score (nSPS) is 11.3. The van der Waals surface area contributed by atoms with Crippen LogP contribution in [0, 0.1) is 0 Å². The smallest absolute Gasteiger partial charge is 0.338 e. The Labute approximate surface area is 195 Å². The fourth-order valence-corrected chi connectivity index (χ4v) is 4.97. The van der Waals surface area contributed by atoms with E-state index in [9.17, 15) is 13.2 Å². The van der Waals surface area contributed by atoms with E-state index < -0.39 is 10.0 Å². The zero-order valence-corrected chi connectivity index (χ0v) is 19.4. The van der Waals surface area contributed by atoms with Gasteiger partial charge in [0.05, 0.1) is 23.2 Å². The first kappa shape index (κ1) is 22.7. The number of fused-ring (bicyclic) bond motifs is 1. The van der Waals surface area contributed by atoms with Crippen LogP contribution in [0.1, 0.15) is 30.1 Å². The molecule has 10 heteroatoms. The number of unbranched alkanes of at least 4 members (excludes halogenated alkanes) is 1. The number of thiophene rings is 1. The number of esters is 1. The molecule has 33 heavy (non-hydrogen) atoms. The first-order valence-corrected chi connectivity index (χ1v) is 12.7. The Balaban J connectivity index is 1.61. The predicted octanol–water partition coefficient (Wildman–Crippen LogP) is 5.19. The van der Waals surface area contributed by atoms with Crippen LogP contribution in [-0.2, 0) is 14.8 Å². The summed E-state index contributed by atoms with van der Waals surface area (Å²) >= 11 is 1.11. The van der Waals surface area contributed by atoms with E-state index in [2.05, 4.69) is 20.0 Å². The third-order valence-electron chi connectivity index (χ3n) is 4.68. The molecule has 0 radical (unpaired) electrons.